The molecule has 1 aliphatic rings. The summed E-state index contributed by atoms with van der Waals surface area (Å²) in [5.41, 5.74) is 1.30. The molecule has 3 heterocycles. The van der Waals surface area contributed by atoms with Crippen LogP contribution in [0.15, 0.2) is 35.1 Å². The van der Waals surface area contributed by atoms with Gasteiger partial charge in [-0.3, -0.25) is 9.59 Å². The van der Waals surface area contributed by atoms with Crippen LogP contribution in [0.3, 0.4) is 0 Å². The van der Waals surface area contributed by atoms with Crippen LogP contribution in [0.4, 0.5) is 10.2 Å². The number of hydrogen-bond donors (Lipinski definition) is 2. The first-order chi connectivity index (χ1) is 12.5. The highest BCUT2D eigenvalue weighted by molar-refractivity contribution is 6.30. The summed E-state index contributed by atoms with van der Waals surface area (Å²) in [7, 11) is 0. The molecule has 7 nitrogen and oxygen atoms in total. The molecule has 1 aromatic carbocycles. The Hall–Kier alpha value is -3.00. The Morgan fingerprint density at radius 2 is 2.08 bits per heavy atom. The minimum absolute atomic E-state index is 0.00220. The van der Waals surface area contributed by atoms with Crippen LogP contribution in [0.2, 0.25) is 5.02 Å². The van der Waals surface area contributed by atoms with Crippen molar-refractivity contribution >= 4 is 23.3 Å². The average Bonchev–Trinajstić information content (AvgIpc) is 2.94. The van der Waals surface area contributed by atoms with Crippen LogP contribution in [-0.4, -0.2) is 25.9 Å². The highest BCUT2D eigenvalue weighted by atomic mass is 35.5. The topological polar surface area (TPSA) is 92.7 Å². The Balaban J connectivity index is 1.91. The van der Waals surface area contributed by atoms with Crippen LogP contribution in [-0.2, 0) is 4.79 Å². The number of nitrogens with one attached hydrogen (secondary N) is 2. The second-order valence-electron chi connectivity index (χ2n) is 5.99. The molecule has 0 bridgehead atoms. The van der Waals surface area contributed by atoms with E-state index in [1.54, 1.807) is 19.1 Å². The van der Waals surface area contributed by atoms with Crippen molar-refractivity contribution < 1.29 is 9.18 Å². The van der Waals surface area contributed by atoms with Crippen LogP contribution in [0.5, 0.6) is 0 Å². The number of carbonyl (C=O) groups excluding carboxylic acids is 1. The summed E-state index contributed by atoms with van der Waals surface area (Å²) in [6.07, 6.45) is 0.0792. The number of aryl methyl sites for hydroxylation is 1. The first-order valence-corrected chi connectivity index (χ1v) is 8.23. The van der Waals surface area contributed by atoms with Crippen molar-refractivity contribution in [3.8, 4) is 5.82 Å². The molecule has 2 aromatic heterocycles. The third-order valence-corrected chi connectivity index (χ3v) is 4.63. The van der Waals surface area contributed by atoms with Crippen LogP contribution < -0.4 is 10.9 Å². The molecule has 0 spiro atoms. The van der Waals surface area contributed by atoms with Gasteiger partial charge >= 0.3 is 0 Å². The van der Waals surface area contributed by atoms with Gasteiger partial charge in [0.25, 0.3) is 5.56 Å². The summed E-state index contributed by atoms with van der Waals surface area (Å²) in [5, 5.41) is 13.5. The molecule has 1 amide bonds. The number of anilines is 1. The van der Waals surface area contributed by atoms with E-state index < -0.39 is 11.7 Å². The lowest BCUT2D eigenvalue weighted by molar-refractivity contribution is -0.116. The Morgan fingerprint density at radius 1 is 1.27 bits per heavy atom. The van der Waals surface area contributed by atoms with Gasteiger partial charge in [-0.2, -0.15) is 14.9 Å². The van der Waals surface area contributed by atoms with Gasteiger partial charge in [0.2, 0.25) is 5.91 Å². The number of hydrogen-bond acceptors (Lipinski definition) is 4. The maximum atomic E-state index is 14.6. The lowest BCUT2D eigenvalue weighted by Gasteiger charge is -2.24. The Morgan fingerprint density at radius 3 is 2.81 bits per heavy atom. The van der Waals surface area contributed by atoms with Gasteiger partial charge in [-0.1, -0.05) is 23.7 Å². The zero-order valence-corrected chi connectivity index (χ0v) is 14.3. The molecule has 1 aliphatic heterocycles. The molecule has 9 heteroatoms. The van der Waals surface area contributed by atoms with E-state index in [9.17, 15) is 14.0 Å². The fourth-order valence-electron chi connectivity index (χ4n) is 3.22. The molecule has 0 radical (unpaired) electrons. The van der Waals surface area contributed by atoms with E-state index >= 15 is 0 Å². The van der Waals surface area contributed by atoms with Gasteiger partial charge in [0, 0.05) is 24.0 Å². The normalized spacial score (nSPS) is 16.3. The second kappa shape index (κ2) is 6.06. The van der Waals surface area contributed by atoms with Crippen LogP contribution in [0.25, 0.3) is 5.82 Å². The van der Waals surface area contributed by atoms with Gasteiger partial charge in [0.15, 0.2) is 5.82 Å². The summed E-state index contributed by atoms with van der Waals surface area (Å²) in [6.45, 7) is 1.77. The van der Waals surface area contributed by atoms with E-state index in [-0.39, 0.29) is 22.9 Å². The monoisotopic (exact) mass is 373 g/mol. The number of aromatic nitrogens is 4. The van der Waals surface area contributed by atoms with Gasteiger partial charge in [0.05, 0.1) is 10.7 Å². The van der Waals surface area contributed by atoms with Gasteiger partial charge in [-0.15, -0.1) is 0 Å². The number of carbonyl (C=O) groups is 1. The van der Waals surface area contributed by atoms with E-state index in [2.05, 4.69) is 20.6 Å². The van der Waals surface area contributed by atoms with Crippen LogP contribution >= 0.6 is 11.6 Å². The van der Waals surface area contributed by atoms with E-state index in [0.29, 0.717) is 28.5 Å². The van der Waals surface area contributed by atoms with Crippen molar-refractivity contribution in [1.29, 1.82) is 0 Å². The summed E-state index contributed by atoms with van der Waals surface area (Å²) < 4.78 is 16.0. The van der Waals surface area contributed by atoms with E-state index in [0.717, 1.165) is 0 Å². The number of aromatic amines is 1. The molecule has 0 aliphatic carbocycles. The van der Waals surface area contributed by atoms with E-state index in [1.807, 2.05) is 0 Å². The fourth-order valence-corrected chi connectivity index (χ4v) is 3.41. The molecule has 4 rings (SSSR count). The smallest absolute Gasteiger partial charge is 0.264 e. The lowest BCUT2D eigenvalue weighted by Crippen LogP contribution is -2.25. The second-order valence-corrected chi connectivity index (χ2v) is 6.39. The van der Waals surface area contributed by atoms with Gasteiger partial charge in [-0.25, -0.2) is 9.49 Å². The van der Waals surface area contributed by atoms with Crippen molar-refractivity contribution in [2.45, 2.75) is 19.3 Å². The summed E-state index contributed by atoms with van der Waals surface area (Å²) in [4.78, 5) is 23.5. The standard InChI is InChI=1S/C17H13ClFN5O2/c1-8-15-10(9-3-2-4-11(18)16(9)19)7-14(26)20-17(15)24(23-8)12-5-6-13(25)22-21-12/h2-6,10H,7H2,1H3,(H,20,26)(H,22,25). The SMILES string of the molecule is Cc1nn(-c2ccc(=O)[nH]n2)c2c1C(c1cccc(Cl)c1F)CC(=O)N2. The molecule has 3 aromatic rings. The quantitative estimate of drug-likeness (QED) is 0.722. The molecule has 0 fully saturated rings. The number of H-pyrrole nitrogens is 1. The molecule has 2 N–H and O–H groups in total. The molecular formula is C17H13ClFN5O2. The molecule has 132 valence electrons. The highest BCUT2D eigenvalue weighted by Crippen LogP contribution is 2.41. The predicted octanol–water partition coefficient (Wildman–Crippen LogP) is 2.53. The van der Waals surface area contributed by atoms with Crippen LogP contribution in [0, 0.1) is 12.7 Å². The summed E-state index contributed by atoms with van der Waals surface area (Å²) >= 11 is 5.91. The summed E-state index contributed by atoms with van der Waals surface area (Å²) in [5.74, 6) is -0.598. The van der Waals surface area contributed by atoms with Gasteiger partial charge < -0.3 is 5.32 Å². The number of rotatable bonds is 2. The molecule has 1 atom stereocenters. The Labute approximate surface area is 151 Å². The lowest BCUT2D eigenvalue weighted by atomic mass is 9.85. The number of halogens is 2. The van der Waals surface area contributed by atoms with Crippen molar-refractivity contribution in [2.24, 2.45) is 0 Å². The third kappa shape index (κ3) is 2.59. The molecule has 26 heavy (non-hydrogen) atoms. The van der Waals surface area contributed by atoms with Crippen molar-refractivity contribution in [1.82, 2.24) is 20.0 Å². The third-order valence-electron chi connectivity index (χ3n) is 4.34. The first-order valence-electron chi connectivity index (χ1n) is 7.85. The van der Waals surface area contributed by atoms with Crippen molar-refractivity contribution in [3.05, 3.63) is 68.3 Å². The molecular weight excluding hydrogens is 361 g/mol. The minimum atomic E-state index is -0.547. The molecule has 0 saturated heterocycles. The largest absolute Gasteiger partial charge is 0.310 e. The zero-order valence-electron chi connectivity index (χ0n) is 13.6. The number of amides is 1. The molecule has 1 unspecified atom stereocenters. The highest BCUT2D eigenvalue weighted by Gasteiger charge is 2.34. The van der Waals surface area contributed by atoms with Crippen LogP contribution in [0.1, 0.15) is 29.2 Å². The van der Waals surface area contributed by atoms with Crippen molar-refractivity contribution in [3.63, 3.8) is 0 Å². The van der Waals surface area contributed by atoms with Gasteiger partial charge in [0.1, 0.15) is 11.6 Å². The number of benzene rings is 1. The maximum absolute atomic E-state index is 14.6. The van der Waals surface area contributed by atoms with Crippen molar-refractivity contribution in [2.75, 3.05) is 5.32 Å². The fraction of sp³-hybridized carbons (Fsp3) is 0.176. The number of fused-ring (bicyclic) bond motifs is 1. The predicted molar refractivity (Wildman–Crippen MR) is 93.2 cm³/mol. The first kappa shape index (κ1) is 16.5. The summed E-state index contributed by atoms with van der Waals surface area (Å²) in [6, 6.07) is 7.52. The van der Waals surface area contributed by atoms with E-state index in [1.165, 1.54) is 22.9 Å². The number of nitrogens with zero attached hydrogens (tertiary/aromatic N) is 3. The van der Waals surface area contributed by atoms with Gasteiger partial charge in [-0.05, 0) is 24.6 Å². The van der Waals surface area contributed by atoms with E-state index in [4.69, 9.17) is 11.6 Å². The maximum Gasteiger partial charge on any atom is 0.264 e. The Kier molecular flexibility index (Phi) is 3.84. The molecule has 0 saturated carbocycles. The zero-order chi connectivity index (χ0) is 18.4. The average molecular weight is 374 g/mol. The Bertz CT molecular complexity index is 1070. The minimum Gasteiger partial charge on any atom is -0.310 e.